The number of halogens is 2. The molecule has 1 aliphatic carbocycles. The smallest absolute Gasteiger partial charge is 0.196 e. The standard InChI is InChI=1S/C15H18Cl2OS/c1-5-14(4)8-11-9(2)6-7-10(3)12(11)13(18)15(14,16)19-17/h6-7H,5,8H2,1-4H3. The maximum absolute atomic E-state index is 12.9. The fourth-order valence-corrected chi connectivity index (χ4v) is 4.47. The van der Waals surface area contributed by atoms with Crippen molar-refractivity contribution in [2.24, 2.45) is 5.41 Å². The maximum atomic E-state index is 12.9. The Morgan fingerprint density at radius 1 is 1.32 bits per heavy atom. The highest BCUT2D eigenvalue weighted by atomic mass is 35.7. The molecule has 0 bridgehead atoms. The Kier molecular flexibility index (Phi) is 3.99. The van der Waals surface area contributed by atoms with Gasteiger partial charge in [0, 0.05) is 11.0 Å². The van der Waals surface area contributed by atoms with Crippen molar-refractivity contribution in [3.63, 3.8) is 0 Å². The lowest BCUT2D eigenvalue weighted by atomic mass is 9.68. The number of aryl methyl sites for hydroxylation is 2. The van der Waals surface area contributed by atoms with Gasteiger partial charge in [-0.25, -0.2) is 0 Å². The Morgan fingerprint density at radius 2 is 1.89 bits per heavy atom. The van der Waals surface area contributed by atoms with E-state index < -0.39 is 4.21 Å². The van der Waals surface area contributed by atoms with Crippen LogP contribution in [0.1, 0.15) is 47.3 Å². The molecule has 1 nitrogen and oxygen atoms in total. The first-order valence-electron chi connectivity index (χ1n) is 6.43. The Labute approximate surface area is 128 Å². The third kappa shape index (κ3) is 2.03. The van der Waals surface area contributed by atoms with Gasteiger partial charge in [0.25, 0.3) is 0 Å². The summed E-state index contributed by atoms with van der Waals surface area (Å²) in [4.78, 5) is 12.9. The first-order chi connectivity index (χ1) is 8.80. The number of ketones is 1. The van der Waals surface area contributed by atoms with E-state index in [0.29, 0.717) is 0 Å². The van der Waals surface area contributed by atoms with Gasteiger partial charge >= 0.3 is 0 Å². The van der Waals surface area contributed by atoms with Crippen molar-refractivity contribution in [1.82, 2.24) is 0 Å². The van der Waals surface area contributed by atoms with Gasteiger partial charge in [-0.1, -0.05) is 37.6 Å². The van der Waals surface area contributed by atoms with E-state index in [1.165, 1.54) is 0 Å². The van der Waals surface area contributed by atoms with E-state index in [4.69, 9.17) is 22.3 Å². The molecule has 0 aromatic heterocycles. The second-order valence-electron chi connectivity index (χ2n) is 5.65. The van der Waals surface area contributed by atoms with Gasteiger partial charge in [0.15, 0.2) is 9.99 Å². The van der Waals surface area contributed by atoms with Crippen LogP contribution < -0.4 is 0 Å². The first-order valence-corrected chi connectivity index (χ1v) is 8.45. The fraction of sp³-hybridized carbons (Fsp3) is 0.533. The fourth-order valence-electron chi connectivity index (χ4n) is 2.83. The van der Waals surface area contributed by atoms with E-state index in [-0.39, 0.29) is 11.2 Å². The van der Waals surface area contributed by atoms with E-state index in [2.05, 4.69) is 26.8 Å². The summed E-state index contributed by atoms with van der Waals surface area (Å²) in [6.07, 6.45) is 1.61. The zero-order valence-corrected chi connectivity index (χ0v) is 14.0. The van der Waals surface area contributed by atoms with Crippen LogP contribution in [0, 0.1) is 19.3 Å². The molecule has 0 spiro atoms. The van der Waals surface area contributed by atoms with E-state index in [1.54, 1.807) is 0 Å². The van der Waals surface area contributed by atoms with Crippen LogP contribution in [-0.4, -0.2) is 9.99 Å². The van der Waals surface area contributed by atoms with Gasteiger partial charge in [-0.2, -0.15) is 0 Å². The highest BCUT2D eigenvalue weighted by molar-refractivity contribution is 8.23. The molecule has 0 aliphatic heterocycles. The van der Waals surface area contributed by atoms with Gasteiger partial charge < -0.3 is 0 Å². The molecular formula is C15H18Cl2OS. The normalized spacial score (nSPS) is 30.3. The zero-order valence-electron chi connectivity index (χ0n) is 11.6. The Hall–Kier alpha value is -0.180. The molecule has 19 heavy (non-hydrogen) atoms. The average molecular weight is 317 g/mol. The Bertz CT molecular complexity index is 543. The summed E-state index contributed by atoms with van der Waals surface area (Å²) in [7, 11) is 6.96. The number of hydrogen-bond acceptors (Lipinski definition) is 2. The van der Waals surface area contributed by atoms with Gasteiger partial charge in [-0.3, -0.25) is 4.79 Å². The summed E-state index contributed by atoms with van der Waals surface area (Å²) < 4.78 is -1.07. The van der Waals surface area contributed by atoms with Crippen LogP contribution in [0.4, 0.5) is 0 Å². The van der Waals surface area contributed by atoms with Crippen molar-refractivity contribution in [3.8, 4) is 0 Å². The minimum absolute atomic E-state index is 0.0408. The molecular weight excluding hydrogens is 299 g/mol. The van der Waals surface area contributed by atoms with Crippen molar-refractivity contribution in [2.75, 3.05) is 0 Å². The van der Waals surface area contributed by atoms with E-state index in [1.807, 2.05) is 13.0 Å². The predicted octanol–water partition coefficient (Wildman–Crippen LogP) is 5.28. The maximum Gasteiger partial charge on any atom is 0.196 e. The summed E-state index contributed by atoms with van der Waals surface area (Å²) in [6.45, 7) is 8.13. The van der Waals surface area contributed by atoms with Crippen molar-refractivity contribution < 1.29 is 4.79 Å². The molecule has 0 saturated heterocycles. The number of benzene rings is 1. The summed E-state index contributed by atoms with van der Waals surface area (Å²) in [5.41, 5.74) is 3.72. The molecule has 0 amide bonds. The van der Waals surface area contributed by atoms with Gasteiger partial charge in [0.05, 0.1) is 0 Å². The third-order valence-corrected chi connectivity index (χ3v) is 7.19. The number of fused-ring (bicyclic) bond motifs is 1. The molecule has 0 fully saturated rings. The Balaban J connectivity index is 2.74. The molecule has 104 valence electrons. The first kappa shape index (κ1) is 15.2. The second kappa shape index (κ2) is 4.98. The van der Waals surface area contributed by atoms with E-state index in [0.717, 1.165) is 46.1 Å². The molecule has 1 aromatic carbocycles. The molecule has 0 saturated carbocycles. The minimum Gasteiger partial charge on any atom is -0.291 e. The molecule has 0 radical (unpaired) electrons. The summed E-state index contributed by atoms with van der Waals surface area (Å²) >= 11 is 6.65. The lowest BCUT2D eigenvalue weighted by molar-refractivity contribution is 0.0877. The van der Waals surface area contributed by atoms with Crippen LogP contribution in [0.25, 0.3) is 0 Å². The lowest BCUT2D eigenvalue weighted by Crippen LogP contribution is -2.50. The van der Waals surface area contributed by atoms with Crippen molar-refractivity contribution in [1.29, 1.82) is 0 Å². The van der Waals surface area contributed by atoms with Crippen LogP contribution in [0.15, 0.2) is 12.1 Å². The lowest BCUT2D eigenvalue weighted by Gasteiger charge is -2.45. The zero-order chi connectivity index (χ0) is 14.4. The topological polar surface area (TPSA) is 17.1 Å². The van der Waals surface area contributed by atoms with Crippen molar-refractivity contribution >= 4 is 39.0 Å². The molecule has 1 aromatic rings. The van der Waals surface area contributed by atoms with E-state index in [9.17, 15) is 4.79 Å². The predicted molar refractivity (Wildman–Crippen MR) is 84.4 cm³/mol. The van der Waals surface area contributed by atoms with Crippen molar-refractivity contribution in [2.45, 2.75) is 44.7 Å². The highest BCUT2D eigenvalue weighted by Gasteiger charge is 2.56. The van der Waals surface area contributed by atoms with Gasteiger partial charge in [-0.05, 0) is 65.0 Å². The Morgan fingerprint density at radius 3 is 2.42 bits per heavy atom. The number of carbonyl (C=O) groups is 1. The summed E-state index contributed by atoms with van der Waals surface area (Å²) in [5.74, 6) is -0.0408. The molecule has 2 atom stereocenters. The SMILES string of the molecule is CCC1(C)Cc2c(C)ccc(C)c2C(=O)C1(Cl)SCl. The average Bonchev–Trinajstić information content (AvgIpc) is 2.40. The quantitative estimate of drug-likeness (QED) is 0.690. The van der Waals surface area contributed by atoms with E-state index >= 15 is 0 Å². The van der Waals surface area contributed by atoms with Crippen LogP contribution >= 0.6 is 33.3 Å². The minimum atomic E-state index is -1.07. The van der Waals surface area contributed by atoms with Gasteiger partial charge in [-0.15, -0.1) is 0 Å². The molecule has 2 rings (SSSR count). The summed E-state index contributed by atoms with van der Waals surface area (Å²) in [5, 5.41) is 0. The van der Waals surface area contributed by atoms with Gasteiger partial charge in [0.1, 0.15) is 0 Å². The molecule has 0 heterocycles. The van der Waals surface area contributed by atoms with Gasteiger partial charge in [0.2, 0.25) is 0 Å². The summed E-state index contributed by atoms with van der Waals surface area (Å²) in [6, 6.07) is 4.06. The number of carbonyl (C=O) groups excluding carboxylic acids is 1. The molecule has 4 heteroatoms. The third-order valence-electron chi connectivity index (χ3n) is 4.50. The highest BCUT2D eigenvalue weighted by Crippen LogP contribution is 2.56. The largest absolute Gasteiger partial charge is 0.291 e. The second-order valence-corrected chi connectivity index (χ2v) is 7.67. The number of rotatable bonds is 2. The van der Waals surface area contributed by atoms with Crippen LogP contribution in [0.2, 0.25) is 0 Å². The van der Waals surface area contributed by atoms with Crippen LogP contribution in [0.3, 0.4) is 0 Å². The molecule has 1 aliphatic rings. The number of alkyl halides is 1. The van der Waals surface area contributed by atoms with Crippen molar-refractivity contribution in [3.05, 3.63) is 34.4 Å². The monoisotopic (exact) mass is 316 g/mol. The van der Waals surface area contributed by atoms with Crippen LogP contribution in [-0.2, 0) is 6.42 Å². The number of Topliss-reactive ketones (excluding diaryl/α,β-unsaturated/α-hetero) is 1. The number of hydrogen-bond donors (Lipinski definition) is 0. The molecule has 2 unspecified atom stereocenters. The molecule has 0 N–H and O–H groups in total. The van der Waals surface area contributed by atoms with Crippen LogP contribution in [0.5, 0.6) is 0 Å².